The number of unbranched alkanes of at least 4 members (excludes halogenated alkanes) is 2. The number of nitrogens with one attached hydrogen (secondary N) is 1. The molecule has 0 spiro atoms. The lowest BCUT2D eigenvalue weighted by atomic mass is 9.82. The van der Waals surface area contributed by atoms with Crippen LogP contribution in [0.15, 0.2) is 23.1 Å². The second-order valence-electron chi connectivity index (χ2n) is 6.74. The molecular formula is C18H26N2O4S. The van der Waals surface area contributed by atoms with Crippen molar-refractivity contribution in [3.8, 4) is 0 Å². The molecule has 1 amide bonds. The van der Waals surface area contributed by atoms with Crippen molar-refractivity contribution in [1.82, 2.24) is 5.32 Å². The van der Waals surface area contributed by atoms with Crippen LogP contribution in [0.2, 0.25) is 0 Å². The van der Waals surface area contributed by atoms with E-state index in [9.17, 15) is 10.1 Å². The number of hydrogen-bond acceptors (Lipinski definition) is 5. The zero-order chi connectivity index (χ0) is 18.4. The van der Waals surface area contributed by atoms with Gasteiger partial charge in [-0.15, -0.1) is 0 Å². The van der Waals surface area contributed by atoms with E-state index in [4.69, 9.17) is 0 Å². The highest BCUT2D eigenvalue weighted by Crippen LogP contribution is 2.41. The number of carbonyl (C=O) groups excluding carboxylic acids is 1. The molecule has 0 bridgehead atoms. The lowest BCUT2D eigenvalue weighted by Crippen LogP contribution is -2.26. The zero-order valence-corrected chi connectivity index (χ0v) is 16.1. The molecular weight excluding hydrogens is 340 g/mol. The number of fused-ring (bicyclic) bond motifs is 1. The monoisotopic (exact) mass is 366 g/mol. The van der Waals surface area contributed by atoms with Gasteiger partial charge in [0.15, 0.2) is 5.71 Å². The largest absolute Gasteiger partial charge is 0.691 e. The first kappa shape index (κ1) is 19.9. The number of rotatable bonds is 9. The quantitative estimate of drug-likeness (QED) is 0.239. The third-order valence-corrected chi connectivity index (χ3v) is 5.53. The van der Waals surface area contributed by atoms with Crippen LogP contribution >= 0.6 is 12.0 Å². The molecule has 7 heteroatoms. The van der Waals surface area contributed by atoms with E-state index in [1.807, 2.05) is 12.1 Å². The molecule has 1 N–H and O–H groups in total. The van der Waals surface area contributed by atoms with Crippen LogP contribution in [0.1, 0.15) is 52.0 Å². The van der Waals surface area contributed by atoms with E-state index in [1.54, 1.807) is 7.05 Å². The summed E-state index contributed by atoms with van der Waals surface area (Å²) in [4.78, 5) is 12.1. The Hall–Kier alpha value is -1.41. The van der Waals surface area contributed by atoms with Crippen molar-refractivity contribution in [3.05, 3.63) is 23.8 Å². The second kappa shape index (κ2) is 8.80. The molecule has 1 heterocycles. The maximum atomic E-state index is 11.3. The van der Waals surface area contributed by atoms with Crippen molar-refractivity contribution in [2.45, 2.75) is 56.8 Å². The molecule has 138 valence electrons. The topological polar surface area (TPSA) is 73.6 Å². The van der Waals surface area contributed by atoms with Gasteiger partial charge >= 0.3 is 0 Å². The summed E-state index contributed by atoms with van der Waals surface area (Å²) in [5, 5.41) is 16.1. The maximum Gasteiger partial charge on any atom is 0.219 e. The molecule has 0 saturated carbocycles. The van der Waals surface area contributed by atoms with Gasteiger partial charge in [-0.2, -0.15) is 8.91 Å². The average molecular weight is 366 g/mol. The molecule has 25 heavy (non-hydrogen) atoms. The molecule has 1 aromatic carbocycles. The van der Waals surface area contributed by atoms with E-state index in [2.05, 4.69) is 46.1 Å². The fourth-order valence-corrected chi connectivity index (χ4v) is 3.61. The maximum absolute atomic E-state index is 11.3. The summed E-state index contributed by atoms with van der Waals surface area (Å²) in [7, 11) is 1.67. The first-order chi connectivity index (χ1) is 11.9. The zero-order valence-electron chi connectivity index (χ0n) is 15.3. The van der Waals surface area contributed by atoms with Gasteiger partial charge in [0.05, 0.1) is 17.5 Å². The third-order valence-electron chi connectivity index (χ3n) is 4.96. The summed E-state index contributed by atoms with van der Waals surface area (Å²) >= 11 is 0.919. The molecule has 6 nitrogen and oxygen atoms in total. The second-order valence-corrected chi connectivity index (χ2v) is 7.52. The van der Waals surface area contributed by atoms with E-state index in [0.717, 1.165) is 42.7 Å². The fourth-order valence-electron chi connectivity index (χ4n) is 3.21. The molecule has 0 radical (unpaired) electrons. The van der Waals surface area contributed by atoms with Crippen molar-refractivity contribution < 1.29 is 24.0 Å². The van der Waals surface area contributed by atoms with E-state index >= 15 is 0 Å². The van der Waals surface area contributed by atoms with Gasteiger partial charge in [0.2, 0.25) is 11.6 Å². The van der Waals surface area contributed by atoms with Crippen LogP contribution in [0.3, 0.4) is 0 Å². The molecule has 0 fully saturated rings. The molecule has 0 atom stereocenters. The summed E-state index contributed by atoms with van der Waals surface area (Å²) in [6.07, 6.45) is 3.55. The molecule has 1 aromatic rings. The number of amides is 1. The van der Waals surface area contributed by atoms with E-state index < -0.39 is 0 Å². The summed E-state index contributed by atoms with van der Waals surface area (Å²) in [5.74, 6) is 0.102. The highest BCUT2D eigenvalue weighted by molar-refractivity contribution is 7.94. The fraction of sp³-hybridized carbons (Fsp3) is 0.556. The van der Waals surface area contributed by atoms with E-state index in [1.165, 1.54) is 17.0 Å². The van der Waals surface area contributed by atoms with Gasteiger partial charge < -0.3 is 10.6 Å². The Labute approximate surface area is 153 Å². The predicted molar refractivity (Wildman–Crippen MR) is 95.5 cm³/mol. The normalized spacial score (nSPS) is 15.4. The van der Waals surface area contributed by atoms with Gasteiger partial charge in [0.25, 0.3) is 0 Å². The van der Waals surface area contributed by atoms with E-state index in [0.29, 0.717) is 6.42 Å². The average Bonchev–Trinajstić information content (AvgIpc) is 2.79. The molecule has 1 aliphatic heterocycles. The Kier molecular flexibility index (Phi) is 7.01. The van der Waals surface area contributed by atoms with E-state index in [-0.39, 0.29) is 11.3 Å². The Balaban J connectivity index is 2.05. The Bertz CT molecular complexity index is 658. The van der Waals surface area contributed by atoms with Crippen molar-refractivity contribution >= 4 is 29.3 Å². The number of benzene rings is 1. The molecule has 0 aromatic heterocycles. The van der Waals surface area contributed by atoms with Crippen LogP contribution in [0.4, 0.5) is 5.69 Å². The van der Waals surface area contributed by atoms with Crippen LogP contribution in [-0.2, 0) is 19.6 Å². The smallest absolute Gasteiger partial charge is 0.219 e. The van der Waals surface area contributed by atoms with Crippen molar-refractivity contribution in [1.29, 1.82) is 0 Å². The van der Waals surface area contributed by atoms with Crippen LogP contribution < -0.4 is 10.6 Å². The van der Waals surface area contributed by atoms with Crippen LogP contribution in [0.25, 0.3) is 0 Å². The standard InChI is InChI=1S/C18H26N2O4S/c1-13-18(2,3)15-12-14(25-24-23-22)9-10-16(15)20(13)11-7-5-6-8-17(21)19-4/h9-10,12H,5-8,11H2,1-4H3,(H-,19,21,22). The highest BCUT2D eigenvalue weighted by atomic mass is 32.2. The summed E-state index contributed by atoms with van der Waals surface area (Å²) in [5.41, 5.74) is 3.64. The minimum absolute atomic E-state index is 0.0771. The number of nitrogens with zero attached hydrogens (tertiary/aromatic N) is 1. The molecule has 2 rings (SSSR count). The summed E-state index contributed by atoms with van der Waals surface area (Å²) in [6, 6.07) is 6.04. The minimum Gasteiger partial charge on any atom is -0.691 e. The van der Waals surface area contributed by atoms with Gasteiger partial charge in [-0.1, -0.05) is 0 Å². The Morgan fingerprint density at radius 1 is 1.32 bits per heavy atom. The lowest BCUT2D eigenvalue weighted by Gasteiger charge is -2.15. The first-order valence-electron chi connectivity index (χ1n) is 8.51. The Morgan fingerprint density at radius 2 is 2.08 bits per heavy atom. The number of carbonyl (C=O) groups is 1. The van der Waals surface area contributed by atoms with Gasteiger partial charge in [-0.05, 0) is 38.8 Å². The molecule has 0 unspecified atom stereocenters. The van der Waals surface area contributed by atoms with Crippen LogP contribution in [0.5, 0.6) is 0 Å². The van der Waals surface area contributed by atoms with Crippen molar-refractivity contribution in [3.63, 3.8) is 0 Å². The van der Waals surface area contributed by atoms with Gasteiger partial charge in [0.1, 0.15) is 6.54 Å². The number of hydrogen-bond donors (Lipinski definition) is 1. The van der Waals surface area contributed by atoms with Crippen LogP contribution in [-0.4, -0.2) is 29.8 Å². The van der Waals surface area contributed by atoms with Gasteiger partial charge in [-0.25, -0.2) is 0 Å². The summed E-state index contributed by atoms with van der Waals surface area (Å²) in [6.45, 7) is 7.50. The van der Waals surface area contributed by atoms with Gasteiger partial charge in [-0.3, -0.25) is 9.83 Å². The Morgan fingerprint density at radius 3 is 2.76 bits per heavy atom. The third kappa shape index (κ3) is 4.61. The molecule has 1 aliphatic rings. The SMILES string of the molecule is CNC(=O)CCCCC[N+]1=C(C)C(C)(C)c2cc(SOO[O-])ccc21. The molecule has 0 saturated heterocycles. The van der Waals surface area contributed by atoms with Crippen LogP contribution in [0, 0.1) is 0 Å². The highest BCUT2D eigenvalue weighted by Gasteiger charge is 2.42. The first-order valence-corrected chi connectivity index (χ1v) is 9.25. The summed E-state index contributed by atoms with van der Waals surface area (Å²) < 4.78 is 6.79. The lowest BCUT2D eigenvalue weighted by molar-refractivity contribution is -0.777. The van der Waals surface area contributed by atoms with Crippen molar-refractivity contribution in [2.75, 3.05) is 13.6 Å². The predicted octanol–water partition coefficient (Wildman–Crippen LogP) is 2.62. The molecule has 0 aliphatic carbocycles. The van der Waals surface area contributed by atoms with Crippen molar-refractivity contribution in [2.24, 2.45) is 0 Å². The van der Waals surface area contributed by atoms with Gasteiger partial charge in [0, 0.05) is 43.3 Å². The minimum atomic E-state index is -0.0771.